The lowest BCUT2D eigenvalue weighted by Crippen LogP contribution is -2.51. The van der Waals surface area contributed by atoms with Gasteiger partial charge in [0, 0.05) is 19.7 Å². The van der Waals surface area contributed by atoms with Gasteiger partial charge in [0.05, 0.1) is 0 Å². The number of likely N-dealkylation sites (tertiary alicyclic amines) is 1. The first-order valence-electron chi connectivity index (χ1n) is 5.33. The van der Waals surface area contributed by atoms with E-state index >= 15 is 0 Å². The van der Waals surface area contributed by atoms with Gasteiger partial charge in [-0.25, -0.2) is 0 Å². The van der Waals surface area contributed by atoms with Gasteiger partial charge in [-0.2, -0.15) is 0 Å². The second kappa shape index (κ2) is 4.64. The maximum Gasteiger partial charge on any atom is 0.124 e. The van der Waals surface area contributed by atoms with Crippen molar-refractivity contribution in [2.24, 2.45) is 0 Å². The lowest BCUT2D eigenvalue weighted by molar-refractivity contribution is 0.0388. The van der Waals surface area contributed by atoms with Gasteiger partial charge in [0.25, 0.3) is 0 Å². The first kappa shape index (κ1) is 10.5. The molecule has 0 unspecified atom stereocenters. The van der Waals surface area contributed by atoms with Crippen molar-refractivity contribution >= 4 is 0 Å². The molecule has 0 bridgehead atoms. The SMILES string of the molecule is CN1CC(Oc2cccc(CCO)c2)C1. The largest absolute Gasteiger partial charge is 0.488 e. The van der Waals surface area contributed by atoms with Gasteiger partial charge in [0.2, 0.25) is 0 Å². The van der Waals surface area contributed by atoms with E-state index in [1.165, 1.54) is 0 Å². The fraction of sp³-hybridized carbons (Fsp3) is 0.500. The quantitative estimate of drug-likeness (QED) is 0.796. The average molecular weight is 207 g/mol. The smallest absolute Gasteiger partial charge is 0.124 e. The van der Waals surface area contributed by atoms with Gasteiger partial charge in [-0.3, -0.25) is 4.90 Å². The van der Waals surface area contributed by atoms with Crippen molar-refractivity contribution in [1.29, 1.82) is 0 Å². The van der Waals surface area contributed by atoms with Crippen molar-refractivity contribution < 1.29 is 9.84 Å². The highest BCUT2D eigenvalue weighted by Crippen LogP contribution is 2.18. The van der Waals surface area contributed by atoms with Crippen LogP contribution in [0.4, 0.5) is 0 Å². The molecule has 1 aromatic rings. The number of aliphatic hydroxyl groups is 1. The van der Waals surface area contributed by atoms with Gasteiger partial charge in [-0.1, -0.05) is 12.1 Å². The predicted octanol–water partition coefficient (Wildman–Crippen LogP) is 0.914. The van der Waals surface area contributed by atoms with Gasteiger partial charge in [0.1, 0.15) is 11.9 Å². The topological polar surface area (TPSA) is 32.7 Å². The summed E-state index contributed by atoms with van der Waals surface area (Å²) in [6.07, 6.45) is 1.03. The highest BCUT2D eigenvalue weighted by atomic mass is 16.5. The molecular weight excluding hydrogens is 190 g/mol. The summed E-state index contributed by atoms with van der Waals surface area (Å²) in [6, 6.07) is 7.96. The van der Waals surface area contributed by atoms with Crippen LogP contribution in [0.15, 0.2) is 24.3 Å². The van der Waals surface area contributed by atoms with E-state index in [0.717, 1.165) is 24.4 Å². The Labute approximate surface area is 90.3 Å². The number of benzene rings is 1. The zero-order valence-corrected chi connectivity index (χ0v) is 9.02. The number of rotatable bonds is 4. The Morgan fingerprint density at radius 2 is 2.27 bits per heavy atom. The van der Waals surface area contributed by atoms with E-state index in [4.69, 9.17) is 9.84 Å². The fourth-order valence-electron chi connectivity index (χ4n) is 1.81. The van der Waals surface area contributed by atoms with Gasteiger partial charge < -0.3 is 9.84 Å². The van der Waals surface area contributed by atoms with E-state index in [2.05, 4.69) is 11.9 Å². The van der Waals surface area contributed by atoms with Gasteiger partial charge in [0.15, 0.2) is 0 Å². The van der Waals surface area contributed by atoms with Gasteiger partial charge in [-0.05, 0) is 31.2 Å². The van der Waals surface area contributed by atoms with Crippen LogP contribution < -0.4 is 4.74 Å². The summed E-state index contributed by atoms with van der Waals surface area (Å²) in [7, 11) is 2.09. The van der Waals surface area contributed by atoms with Crippen LogP contribution in [-0.2, 0) is 6.42 Å². The molecule has 82 valence electrons. The lowest BCUT2D eigenvalue weighted by atomic mass is 10.1. The molecule has 15 heavy (non-hydrogen) atoms. The monoisotopic (exact) mass is 207 g/mol. The number of ether oxygens (including phenoxy) is 1. The minimum atomic E-state index is 0.190. The average Bonchev–Trinajstić information content (AvgIpc) is 2.17. The molecule has 1 fully saturated rings. The van der Waals surface area contributed by atoms with Gasteiger partial charge in [-0.15, -0.1) is 0 Å². The summed E-state index contributed by atoms with van der Waals surface area (Å²) < 4.78 is 5.78. The van der Waals surface area contributed by atoms with Crippen molar-refractivity contribution in [2.45, 2.75) is 12.5 Å². The third kappa shape index (κ3) is 2.70. The Balaban J connectivity index is 1.93. The summed E-state index contributed by atoms with van der Waals surface area (Å²) in [5, 5.41) is 8.84. The molecule has 0 aliphatic carbocycles. The highest BCUT2D eigenvalue weighted by Gasteiger charge is 2.24. The third-order valence-corrected chi connectivity index (χ3v) is 2.63. The molecule has 3 nitrogen and oxygen atoms in total. The molecule has 0 saturated carbocycles. The van der Waals surface area contributed by atoms with Crippen LogP contribution in [0.3, 0.4) is 0 Å². The molecule has 0 spiro atoms. The molecule has 1 N–H and O–H groups in total. The minimum Gasteiger partial charge on any atom is -0.488 e. The zero-order chi connectivity index (χ0) is 10.7. The number of likely N-dealkylation sites (N-methyl/N-ethyl adjacent to an activating group) is 1. The molecule has 1 saturated heterocycles. The van der Waals surface area contributed by atoms with Crippen LogP contribution >= 0.6 is 0 Å². The van der Waals surface area contributed by atoms with Crippen LogP contribution in [0.2, 0.25) is 0 Å². The standard InChI is InChI=1S/C12H17NO2/c1-13-8-12(9-13)15-11-4-2-3-10(7-11)5-6-14/h2-4,7,12,14H,5-6,8-9H2,1H3. The zero-order valence-electron chi connectivity index (χ0n) is 9.02. The first-order chi connectivity index (χ1) is 7.28. The van der Waals surface area contributed by atoms with E-state index in [-0.39, 0.29) is 6.61 Å². The van der Waals surface area contributed by atoms with Crippen LogP contribution in [0.25, 0.3) is 0 Å². The molecule has 0 amide bonds. The van der Waals surface area contributed by atoms with E-state index < -0.39 is 0 Å². The summed E-state index contributed by atoms with van der Waals surface area (Å²) in [6.45, 7) is 2.20. The predicted molar refractivity (Wildman–Crippen MR) is 59.1 cm³/mol. The summed E-state index contributed by atoms with van der Waals surface area (Å²) >= 11 is 0. The molecule has 1 aliphatic heterocycles. The first-order valence-corrected chi connectivity index (χ1v) is 5.33. The Kier molecular flexibility index (Phi) is 3.23. The Hall–Kier alpha value is -1.06. The number of hydrogen-bond donors (Lipinski definition) is 1. The second-order valence-corrected chi connectivity index (χ2v) is 4.08. The normalized spacial score (nSPS) is 17.5. The van der Waals surface area contributed by atoms with Crippen LogP contribution in [0.1, 0.15) is 5.56 Å². The molecule has 1 heterocycles. The number of hydrogen-bond acceptors (Lipinski definition) is 3. The molecule has 1 aromatic carbocycles. The summed E-state index contributed by atoms with van der Waals surface area (Å²) in [5.41, 5.74) is 1.13. The van der Waals surface area contributed by atoms with Crippen molar-refractivity contribution in [3.8, 4) is 5.75 Å². The van der Waals surface area contributed by atoms with Crippen molar-refractivity contribution in [2.75, 3.05) is 26.7 Å². The minimum absolute atomic E-state index is 0.190. The van der Waals surface area contributed by atoms with Crippen molar-refractivity contribution in [1.82, 2.24) is 4.90 Å². The van der Waals surface area contributed by atoms with E-state index in [1.807, 2.05) is 24.3 Å². The Bertz CT molecular complexity index is 321. The van der Waals surface area contributed by atoms with Crippen LogP contribution in [-0.4, -0.2) is 42.9 Å². The van der Waals surface area contributed by atoms with E-state index in [9.17, 15) is 0 Å². The van der Waals surface area contributed by atoms with Crippen LogP contribution in [0, 0.1) is 0 Å². The molecule has 3 heteroatoms. The van der Waals surface area contributed by atoms with Crippen molar-refractivity contribution in [3.05, 3.63) is 29.8 Å². The lowest BCUT2D eigenvalue weighted by Gasteiger charge is -2.36. The molecular formula is C12H17NO2. The Morgan fingerprint density at radius 3 is 2.93 bits per heavy atom. The molecule has 2 rings (SSSR count). The third-order valence-electron chi connectivity index (χ3n) is 2.63. The van der Waals surface area contributed by atoms with E-state index in [0.29, 0.717) is 12.5 Å². The number of aliphatic hydroxyl groups excluding tert-OH is 1. The maximum absolute atomic E-state index is 8.84. The summed E-state index contributed by atoms with van der Waals surface area (Å²) in [5.74, 6) is 0.916. The van der Waals surface area contributed by atoms with Crippen LogP contribution in [0.5, 0.6) is 5.75 Å². The van der Waals surface area contributed by atoms with Gasteiger partial charge >= 0.3 is 0 Å². The fourth-order valence-corrected chi connectivity index (χ4v) is 1.81. The number of nitrogens with zero attached hydrogens (tertiary/aromatic N) is 1. The maximum atomic E-state index is 8.84. The van der Waals surface area contributed by atoms with Crippen molar-refractivity contribution in [3.63, 3.8) is 0 Å². The highest BCUT2D eigenvalue weighted by molar-refractivity contribution is 5.29. The Morgan fingerprint density at radius 1 is 1.47 bits per heavy atom. The van der Waals surface area contributed by atoms with E-state index in [1.54, 1.807) is 0 Å². The molecule has 0 radical (unpaired) electrons. The second-order valence-electron chi connectivity index (χ2n) is 4.08. The molecule has 0 aromatic heterocycles. The molecule has 0 atom stereocenters. The summed E-state index contributed by atoms with van der Waals surface area (Å²) in [4.78, 5) is 2.22. The molecule has 1 aliphatic rings.